The van der Waals surface area contributed by atoms with Crippen LogP contribution in [0.5, 0.6) is 5.75 Å². The molecule has 4 rings (SSSR count). The molecule has 0 spiro atoms. The van der Waals surface area contributed by atoms with E-state index in [1.54, 1.807) is 30.3 Å². The van der Waals surface area contributed by atoms with Gasteiger partial charge in [-0.05, 0) is 25.1 Å². The summed E-state index contributed by atoms with van der Waals surface area (Å²) in [4.78, 5) is 36.7. The maximum atomic E-state index is 12.6. The fourth-order valence-corrected chi connectivity index (χ4v) is 3.65. The number of phenolic OH excluding ortho intramolecular Hbond substituents is 1. The zero-order chi connectivity index (χ0) is 21.3. The van der Waals surface area contributed by atoms with Crippen molar-refractivity contribution in [1.29, 1.82) is 0 Å². The number of ketones is 1. The largest absolute Gasteiger partial charge is 0.507 e. The van der Waals surface area contributed by atoms with Crippen LogP contribution in [0.15, 0.2) is 48.5 Å². The third-order valence-electron chi connectivity index (χ3n) is 5.13. The summed E-state index contributed by atoms with van der Waals surface area (Å²) in [7, 11) is 0. The number of Topliss-reactive ketones (excluding diaryl/α,β-unsaturated/α-hetero) is 1. The lowest BCUT2D eigenvalue weighted by Crippen LogP contribution is -2.36. The molecule has 0 bridgehead atoms. The van der Waals surface area contributed by atoms with Gasteiger partial charge >= 0.3 is 11.9 Å². The standard InChI is InChI=1S/C22H20O8/c1-12(23)13-6-2-3-7-14(13)21(25)29-17-10-27-20-18(11-28-19(17)20)30-22(26)15-8-4-5-9-16(15)24/h2-9,17-20,24H,10-11H2,1H3/t17-,18+,19+,20+/m0/s1. The van der Waals surface area contributed by atoms with Gasteiger partial charge < -0.3 is 24.1 Å². The number of phenols is 1. The van der Waals surface area contributed by atoms with E-state index in [0.717, 1.165) is 0 Å². The van der Waals surface area contributed by atoms with E-state index in [1.165, 1.54) is 25.1 Å². The highest BCUT2D eigenvalue weighted by molar-refractivity contribution is 6.05. The van der Waals surface area contributed by atoms with Crippen LogP contribution in [-0.4, -0.2) is 60.5 Å². The Morgan fingerprint density at radius 3 is 1.80 bits per heavy atom. The number of fused-ring (bicyclic) bond motifs is 1. The quantitative estimate of drug-likeness (QED) is 0.588. The zero-order valence-electron chi connectivity index (χ0n) is 16.1. The molecule has 2 aromatic rings. The molecular weight excluding hydrogens is 392 g/mol. The van der Waals surface area contributed by atoms with Crippen LogP contribution in [0.1, 0.15) is 38.0 Å². The molecule has 156 valence electrons. The topological polar surface area (TPSA) is 108 Å². The fraction of sp³-hybridized carbons (Fsp3) is 0.318. The second-order valence-corrected chi connectivity index (χ2v) is 7.10. The highest BCUT2D eigenvalue weighted by Gasteiger charge is 2.51. The van der Waals surface area contributed by atoms with E-state index in [0.29, 0.717) is 0 Å². The third-order valence-corrected chi connectivity index (χ3v) is 5.13. The molecule has 2 heterocycles. The van der Waals surface area contributed by atoms with Crippen LogP contribution in [-0.2, 0) is 18.9 Å². The summed E-state index contributed by atoms with van der Waals surface area (Å²) in [6.07, 6.45) is -2.59. The van der Waals surface area contributed by atoms with Crippen molar-refractivity contribution in [1.82, 2.24) is 0 Å². The molecular formula is C22H20O8. The summed E-state index contributed by atoms with van der Waals surface area (Å²) in [5, 5.41) is 9.81. The summed E-state index contributed by atoms with van der Waals surface area (Å²) >= 11 is 0. The Labute approximate surface area is 172 Å². The van der Waals surface area contributed by atoms with Gasteiger partial charge in [-0.2, -0.15) is 0 Å². The molecule has 8 heteroatoms. The van der Waals surface area contributed by atoms with Crippen LogP contribution in [0.25, 0.3) is 0 Å². The number of hydrogen-bond donors (Lipinski definition) is 1. The Morgan fingerprint density at radius 2 is 1.27 bits per heavy atom. The molecule has 2 aliphatic heterocycles. The van der Waals surface area contributed by atoms with Crippen molar-refractivity contribution in [2.45, 2.75) is 31.3 Å². The van der Waals surface area contributed by atoms with Crippen LogP contribution >= 0.6 is 0 Å². The van der Waals surface area contributed by atoms with Crippen molar-refractivity contribution >= 4 is 17.7 Å². The fourth-order valence-electron chi connectivity index (χ4n) is 3.65. The number of esters is 2. The van der Waals surface area contributed by atoms with Crippen molar-refractivity contribution in [2.75, 3.05) is 13.2 Å². The number of rotatable bonds is 5. The molecule has 0 unspecified atom stereocenters. The molecule has 8 nitrogen and oxygen atoms in total. The SMILES string of the molecule is CC(=O)c1ccccc1C(=O)O[C@H]1CO[C@H]2[C@@H]1OC[C@H]2OC(=O)c1ccccc1O. The molecule has 2 fully saturated rings. The average Bonchev–Trinajstić information content (AvgIpc) is 3.31. The Kier molecular flexibility index (Phi) is 5.52. The molecule has 0 saturated carbocycles. The second kappa shape index (κ2) is 8.25. The predicted octanol–water partition coefficient (Wildman–Crippen LogP) is 2.14. The monoisotopic (exact) mass is 412 g/mol. The van der Waals surface area contributed by atoms with Gasteiger partial charge in [-0.25, -0.2) is 9.59 Å². The Hall–Kier alpha value is -3.23. The number of aromatic hydroxyl groups is 1. The average molecular weight is 412 g/mol. The lowest BCUT2D eigenvalue weighted by molar-refractivity contribution is -0.0288. The maximum Gasteiger partial charge on any atom is 0.342 e. The van der Waals surface area contributed by atoms with Gasteiger partial charge in [0.2, 0.25) is 0 Å². The van der Waals surface area contributed by atoms with E-state index in [1.807, 2.05) is 0 Å². The first-order valence-electron chi connectivity index (χ1n) is 9.49. The van der Waals surface area contributed by atoms with Crippen LogP contribution in [0.3, 0.4) is 0 Å². The Bertz CT molecular complexity index is 985. The van der Waals surface area contributed by atoms with Gasteiger partial charge in [-0.15, -0.1) is 0 Å². The number of carbonyl (C=O) groups is 3. The van der Waals surface area contributed by atoms with E-state index >= 15 is 0 Å². The van der Waals surface area contributed by atoms with Crippen molar-refractivity contribution in [3.63, 3.8) is 0 Å². The van der Waals surface area contributed by atoms with Crippen molar-refractivity contribution in [3.8, 4) is 5.75 Å². The molecule has 0 radical (unpaired) electrons. The summed E-state index contributed by atoms with van der Waals surface area (Å²) < 4.78 is 22.3. The van der Waals surface area contributed by atoms with Crippen LogP contribution in [0.4, 0.5) is 0 Å². The summed E-state index contributed by atoms with van der Waals surface area (Å²) in [6, 6.07) is 12.5. The smallest absolute Gasteiger partial charge is 0.342 e. The minimum absolute atomic E-state index is 0.0442. The van der Waals surface area contributed by atoms with E-state index in [9.17, 15) is 19.5 Å². The lowest BCUT2D eigenvalue weighted by atomic mass is 10.0. The molecule has 0 aliphatic carbocycles. The predicted molar refractivity (Wildman–Crippen MR) is 102 cm³/mol. The molecule has 2 saturated heterocycles. The van der Waals surface area contributed by atoms with Gasteiger partial charge in [-0.3, -0.25) is 4.79 Å². The number of para-hydroxylation sites is 1. The number of ether oxygens (including phenoxy) is 4. The zero-order valence-corrected chi connectivity index (χ0v) is 16.1. The Balaban J connectivity index is 1.41. The van der Waals surface area contributed by atoms with Gasteiger partial charge in [0.25, 0.3) is 0 Å². The van der Waals surface area contributed by atoms with Gasteiger partial charge in [0.1, 0.15) is 23.5 Å². The molecule has 2 aliphatic rings. The Morgan fingerprint density at radius 1 is 0.800 bits per heavy atom. The van der Waals surface area contributed by atoms with E-state index < -0.39 is 36.4 Å². The second-order valence-electron chi connectivity index (χ2n) is 7.10. The van der Waals surface area contributed by atoms with Crippen LogP contribution in [0, 0.1) is 0 Å². The van der Waals surface area contributed by atoms with Crippen LogP contribution < -0.4 is 0 Å². The number of benzene rings is 2. The highest BCUT2D eigenvalue weighted by Crippen LogP contribution is 2.32. The van der Waals surface area contributed by atoms with E-state index in [2.05, 4.69) is 0 Å². The lowest BCUT2D eigenvalue weighted by Gasteiger charge is -2.18. The molecule has 0 amide bonds. The minimum Gasteiger partial charge on any atom is -0.507 e. The van der Waals surface area contributed by atoms with Crippen LogP contribution in [0.2, 0.25) is 0 Å². The first-order chi connectivity index (χ1) is 14.5. The maximum absolute atomic E-state index is 12.6. The van der Waals surface area contributed by atoms with Crippen molar-refractivity contribution < 1.29 is 38.4 Å². The highest BCUT2D eigenvalue weighted by atomic mass is 16.7. The first kappa shape index (κ1) is 20.1. The van der Waals surface area contributed by atoms with E-state index in [-0.39, 0.29) is 41.4 Å². The normalized spacial score (nSPS) is 24.8. The molecule has 0 aromatic heterocycles. The summed E-state index contributed by atoms with van der Waals surface area (Å²) in [6.45, 7) is 1.53. The first-order valence-corrected chi connectivity index (χ1v) is 9.49. The van der Waals surface area contributed by atoms with Gasteiger partial charge in [0, 0.05) is 5.56 Å². The molecule has 30 heavy (non-hydrogen) atoms. The molecule has 2 aromatic carbocycles. The van der Waals surface area contributed by atoms with Gasteiger partial charge in [-0.1, -0.05) is 30.3 Å². The summed E-state index contributed by atoms with van der Waals surface area (Å²) in [5.41, 5.74) is 0.497. The molecule has 4 atom stereocenters. The number of hydrogen-bond acceptors (Lipinski definition) is 8. The van der Waals surface area contributed by atoms with Gasteiger partial charge in [0.15, 0.2) is 18.0 Å². The third kappa shape index (κ3) is 3.79. The number of carbonyl (C=O) groups excluding carboxylic acids is 3. The van der Waals surface area contributed by atoms with Gasteiger partial charge in [0.05, 0.1) is 18.8 Å². The van der Waals surface area contributed by atoms with Crippen molar-refractivity contribution in [2.24, 2.45) is 0 Å². The summed E-state index contributed by atoms with van der Waals surface area (Å²) in [5.74, 6) is -1.76. The minimum atomic E-state index is -0.699. The molecule has 1 N–H and O–H groups in total. The van der Waals surface area contributed by atoms with Crippen molar-refractivity contribution in [3.05, 3.63) is 65.2 Å². The van der Waals surface area contributed by atoms with E-state index in [4.69, 9.17) is 18.9 Å².